The van der Waals surface area contributed by atoms with Crippen LogP contribution in [-0.4, -0.2) is 6.61 Å². The van der Waals surface area contributed by atoms with Gasteiger partial charge in [-0.2, -0.15) is 17.6 Å². The molecule has 2 nitrogen and oxygen atoms in total. The van der Waals surface area contributed by atoms with Crippen LogP contribution in [0.3, 0.4) is 0 Å². The molecule has 0 radical (unpaired) electrons. The van der Waals surface area contributed by atoms with Crippen LogP contribution in [0.4, 0.5) is 17.6 Å². The van der Waals surface area contributed by atoms with Gasteiger partial charge in [0.25, 0.3) is 0 Å². The van der Waals surface area contributed by atoms with E-state index in [0.717, 1.165) is 36.2 Å². The molecule has 0 aliphatic heterocycles. The molecule has 2 aromatic carbocycles. The molecule has 204 valence electrons. The number of benzene rings is 2. The van der Waals surface area contributed by atoms with E-state index in [1.165, 1.54) is 101 Å². The minimum absolute atomic E-state index is 0.112. The summed E-state index contributed by atoms with van der Waals surface area (Å²) in [4.78, 5) is 0. The molecule has 2 saturated carbocycles. The van der Waals surface area contributed by atoms with Crippen LogP contribution in [-0.2, 0) is 6.11 Å². The number of alkyl halides is 4. The SMILES string of the molecule is CCC[C@H]1CC[C@H](CCC2CCC(c3ccc(C(F)(F)Oc4ccc(OC(F)F)cc4)cc3)CC2)CC1. The van der Waals surface area contributed by atoms with Crippen LogP contribution in [0.2, 0.25) is 0 Å². The van der Waals surface area contributed by atoms with Crippen LogP contribution >= 0.6 is 0 Å². The van der Waals surface area contributed by atoms with E-state index in [9.17, 15) is 17.6 Å². The van der Waals surface area contributed by atoms with E-state index in [-0.39, 0.29) is 17.1 Å². The maximum Gasteiger partial charge on any atom is 0.426 e. The highest BCUT2D eigenvalue weighted by Gasteiger charge is 2.35. The normalized spacial score (nSPS) is 24.7. The quantitative estimate of drug-likeness (QED) is 0.274. The summed E-state index contributed by atoms with van der Waals surface area (Å²) in [6, 6.07) is 11.2. The third kappa shape index (κ3) is 8.12. The predicted octanol–water partition coefficient (Wildman–Crippen LogP) is 10.1. The number of ether oxygens (including phenoxy) is 2. The smallest absolute Gasteiger partial charge is 0.426 e. The molecule has 0 amide bonds. The summed E-state index contributed by atoms with van der Waals surface area (Å²) in [5, 5.41) is 0. The van der Waals surface area contributed by atoms with E-state index in [0.29, 0.717) is 5.92 Å². The Hall–Kier alpha value is -2.24. The van der Waals surface area contributed by atoms with E-state index in [2.05, 4.69) is 11.7 Å². The van der Waals surface area contributed by atoms with E-state index in [1.54, 1.807) is 12.1 Å². The molecule has 0 saturated heterocycles. The van der Waals surface area contributed by atoms with Crippen molar-refractivity contribution in [3.05, 3.63) is 59.7 Å². The Morgan fingerprint density at radius 3 is 1.70 bits per heavy atom. The first-order chi connectivity index (χ1) is 17.8. The van der Waals surface area contributed by atoms with Gasteiger partial charge in [0, 0.05) is 0 Å². The number of hydrogen-bond acceptors (Lipinski definition) is 2. The summed E-state index contributed by atoms with van der Waals surface area (Å²) in [5.41, 5.74) is 0.882. The highest BCUT2D eigenvalue weighted by molar-refractivity contribution is 5.33. The first-order valence-electron chi connectivity index (χ1n) is 14.0. The first-order valence-corrected chi connectivity index (χ1v) is 14.0. The molecule has 2 aliphatic rings. The lowest BCUT2D eigenvalue weighted by atomic mass is 9.74. The molecule has 0 aromatic heterocycles. The Balaban J connectivity index is 1.22. The monoisotopic (exact) mass is 520 g/mol. The Morgan fingerprint density at radius 2 is 1.19 bits per heavy atom. The molecular formula is C31H40F4O2. The predicted molar refractivity (Wildman–Crippen MR) is 138 cm³/mol. The van der Waals surface area contributed by atoms with Crippen LogP contribution in [0.25, 0.3) is 0 Å². The first kappa shape index (κ1) is 27.8. The second-order valence-electron chi connectivity index (χ2n) is 11.1. The van der Waals surface area contributed by atoms with Gasteiger partial charge >= 0.3 is 12.7 Å². The van der Waals surface area contributed by atoms with Gasteiger partial charge in [-0.25, -0.2) is 0 Å². The van der Waals surface area contributed by atoms with Crippen molar-refractivity contribution >= 4 is 0 Å². The zero-order valence-electron chi connectivity index (χ0n) is 21.8. The zero-order chi connectivity index (χ0) is 26.3. The second-order valence-corrected chi connectivity index (χ2v) is 11.1. The lowest BCUT2D eigenvalue weighted by Gasteiger charge is -2.32. The van der Waals surface area contributed by atoms with Crippen molar-refractivity contribution in [1.29, 1.82) is 0 Å². The van der Waals surface area contributed by atoms with Gasteiger partial charge in [0.05, 0.1) is 5.56 Å². The highest BCUT2D eigenvalue weighted by atomic mass is 19.3. The lowest BCUT2D eigenvalue weighted by Crippen LogP contribution is -2.22. The van der Waals surface area contributed by atoms with E-state index in [1.807, 2.05) is 0 Å². The van der Waals surface area contributed by atoms with Gasteiger partial charge in [0.1, 0.15) is 11.5 Å². The van der Waals surface area contributed by atoms with Gasteiger partial charge in [-0.3, -0.25) is 0 Å². The van der Waals surface area contributed by atoms with Crippen LogP contribution in [0.15, 0.2) is 48.5 Å². The molecule has 2 aliphatic carbocycles. The molecule has 0 atom stereocenters. The summed E-state index contributed by atoms with van der Waals surface area (Å²) in [6.45, 7) is -0.677. The van der Waals surface area contributed by atoms with Crippen molar-refractivity contribution in [3.8, 4) is 11.5 Å². The topological polar surface area (TPSA) is 18.5 Å². The van der Waals surface area contributed by atoms with Crippen molar-refractivity contribution < 1.29 is 27.0 Å². The Bertz CT molecular complexity index is 929. The summed E-state index contributed by atoms with van der Waals surface area (Å²) < 4.78 is 63.0. The van der Waals surface area contributed by atoms with Crippen molar-refractivity contribution in [2.45, 2.75) is 103 Å². The fourth-order valence-corrected chi connectivity index (χ4v) is 6.32. The van der Waals surface area contributed by atoms with Crippen LogP contribution in [0, 0.1) is 17.8 Å². The van der Waals surface area contributed by atoms with Gasteiger partial charge in [-0.1, -0.05) is 70.4 Å². The van der Waals surface area contributed by atoms with Gasteiger partial charge in [-0.15, -0.1) is 0 Å². The number of rotatable bonds is 11. The Morgan fingerprint density at radius 1 is 0.703 bits per heavy atom. The third-order valence-electron chi connectivity index (χ3n) is 8.51. The molecule has 2 fully saturated rings. The van der Waals surface area contributed by atoms with Crippen molar-refractivity contribution in [2.75, 3.05) is 0 Å². The van der Waals surface area contributed by atoms with E-state index >= 15 is 0 Å². The average molecular weight is 521 g/mol. The van der Waals surface area contributed by atoms with Gasteiger partial charge in [-0.05, 0) is 91.3 Å². The summed E-state index contributed by atoms with van der Waals surface area (Å²) in [5.74, 6) is 2.88. The molecule has 0 heterocycles. The number of halogens is 4. The molecule has 0 bridgehead atoms. The lowest BCUT2D eigenvalue weighted by molar-refractivity contribution is -0.185. The van der Waals surface area contributed by atoms with Crippen LogP contribution in [0.5, 0.6) is 11.5 Å². The molecule has 6 heteroatoms. The van der Waals surface area contributed by atoms with Crippen LogP contribution in [0.1, 0.15) is 101 Å². The van der Waals surface area contributed by atoms with Crippen molar-refractivity contribution in [2.24, 2.45) is 17.8 Å². The second kappa shape index (κ2) is 13.0. The minimum Gasteiger partial charge on any atom is -0.435 e. The fourth-order valence-electron chi connectivity index (χ4n) is 6.32. The summed E-state index contributed by atoms with van der Waals surface area (Å²) in [6.07, 6.45) is 12.3. The van der Waals surface area contributed by atoms with Crippen LogP contribution < -0.4 is 9.47 Å². The van der Waals surface area contributed by atoms with Gasteiger partial charge in [0.15, 0.2) is 0 Å². The molecule has 2 aromatic rings. The van der Waals surface area contributed by atoms with E-state index < -0.39 is 12.7 Å². The minimum atomic E-state index is -3.53. The molecular weight excluding hydrogens is 480 g/mol. The van der Waals surface area contributed by atoms with Crippen molar-refractivity contribution in [3.63, 3.8) is 0 Å². The Labute approximate surface area is 218 Å². The summed E-state index contributed by atoms with van der Waals surface area (Å²) >= 11 is 0. The molecule has 0 N–H and O–H groups in total. The molecule has 4 rings (SSSR count). The average Bonchev–Trinajstić information content (AvgIpc) is 2.90. The van der Waals surface area contributed by atoms with Gasteiger partial charge < -0.3 is 9.47 Å². The zero-order valence-corrected chi connectivity index (χ0v) is 21.8. The fraction of sp³-hybridized carbons (Fsp3) is 0.613. The third-order valence-corrected chi connectivity index (χ3v) is 8.51. The van der Waals surface area contributed by atoms with Gasteiger partial charge in [0.2, 0.25) is 0 Å². The molecule has 0 unspecified atom stereocenters. The molecule has 0 spiro atoms. The molecule has 37 heavy (non-hydrogen) atoms. The maximum atomic E-state index is 14.7. The number of hydrogen-bond donors (Lipinski definition) is 0. The summed E-state index contributed by atoms with van der Waals surface area (Å²) in [7, 11) is 0. The highest BCUT2D eigenvalue weighted by Crippen LogP contribution is 2.41. The van der Waals surface area contributed by atoms with E-state index in [4.69, 9.17) is 4.74 Å². The Kier molecular flexibility index (Phi) is 9.77. The van der Waals surface area contributed by atoms with Crippen molar-refractivity contribution in [1.82, 2.24) is 0 Å². The maximum absolute atomic E-state index is 14.7. The standard InChI is InChI=1S/C31H40F4O2/c1-2-3-22-4-6-23(7-5-22)8-9-24-10-12-25(13-11-24)26-14-16-27(17-15-26)31(34,35)37-29-20-18-28(19-21-29)36-30(32)33/h14-25,30H,2-13H2,1H3/t22-,23-,24?,25?. The largest absolute Gasteiger partial charge is 0.435 e.